The SMILES string of the molecule is COC(C)NCc1cccnc1-c1cc2nccc(Oc3ccc(NC(=O)NCc4ccccc4F)cc3F)c2s1. The molecule has 2 amide bonds. The van der Waals surface area contributed by atoms with Gasteiger partial charge in [-0.2, -0.15) is 0 Å². The zero-order valence-electron chi connectivity index (χ0n) is 22.3. The molecule has 3 heterocycles. The molecule has 1 atom stereocenters. The van der Waals surface area contributed by atoms with Gasteiger partial charge in [-0.15, -0.1) is 11.3 Å². The average molecular weight is 576 g/mol. The maximum atomic E-state index is 15.0. The number of halogens is 2. The monoisotopic (exact) mass is 575 g/mol. The molecule has 0 saturated heterocycles. The Labute approximate surface area is 239 Å². The standard InChI is InChI=1S/C30H27F2N5O3S/c1-18(39-2)35-17-20-7-5-12-34-28(20)27-15-24-29(41-27)26(11-13-33-24)40-25-10-9-21(14-23(25)32)37-30(38)36-16-19-6-3-4-8-22(19)31/h3-15,18,35H,16-17H2,1-2H3,(H2,36,37,38). The van der Waals surface area contributed by atoms with Gasteiger partial charge >= 0.3 is 6.03 Å². The summed E-state index contributed by atoms with van der Waals surface area (Å²) in [6, 6.07) is 17.1. The summed E-state index contributed by atoms with van der Waals surface area (Å²) in [5, 5.41) is 8.39. The molecule has 3 N–H and O–H groups in total. The van der Waals surface area contributed by atoms with E-state index in [1.54, 1.807) is 43.8 Å². The number of aromatic nitrogens is 2. The Kier molecular flexibility index (Phi) is 8.78. The van der Waals surface area contributed by atoms with Gasteiger partial charge in [0, 0.05) is 56.0 Å². The molecular weight excluding hydrogens is 548 g/mol. The lowest BCUT2D eigenvalue weighted by Crippen LogP contribution is -2.28. The number of hydrogen-bond acceptors (Lipinski definition) is 7. The summed E-state index contributed by atoms with van der Waals surface area (Å²) in [7, 11) is 1.64. The number of nitrogens with zero attached hydrogens (tertiary/aromatic N) is 2. The van der Waals surface area contributed by atoms with Crippen LogP contribution in [0.15, 0.2) is 79.1 Å². The fourth-order valence-corrected chi connectivity index (χ4v) is 5.12. The highest BCUT2D eigenvalue weighted by atomic mass is 32.1. The number of pyridine rings is 2. The molecule has 210 valence electrons. The molecule has 0 spiro atoms. The van der Waals surface area contributed by atoms with Crippen molar-refractivity contribution in [2.45, 2.75) is 26.2 Å². The van der Waals surface area contributed by atoms with Crippen molar-refractivity contribution in [2.24, 2.45) is 0 Å². The van der Waals surface area contributed by atoms with Crippen LogP contribution in [-0.4, -0.2) is 29.3 Å². The summed E-state index contributed by atoms with van der Waals surface area (Å²) < 4.78 is 40.7. The van der Waals surface area contributed by atoms with Gasteiger partial charge in [-0.25, -0.2) is 13.6 Å². The van der Waals surface area contributed by atoms with Gasteiger partial charge in [0.1, 0.15) is 17.8 Å². The largest absolute Gasteiger partial charge is 0.453 e. The molecule has 0 aliphatic rings. The number of thiophene rings is 1. The minimum atomic E-state index is -0.663. The maximum absolute atomic E-state index is 15.0. The molecule has 8 nitrogen and oxygen atoms in total. The number of benzene rings is 2. The first kappa shape index (κ1) is 28.1. The van der Waals surface area contributed by atoms with Crippen LogP contribution in [0, 0.1) is 11.6 Å². The van der Waals surface area contributed by atoms with Crippen molar-refractivity contribution in [2.75, 3.05) is 12.4 Å². The molecule has 0 bridgehead atoms. The van der Waals surface area contributed by atoms with Gasteiger partial charge in [0.25, 0.3) is 0 Å². The van der Waals surface area contributed by atoms with E-state index in [1.807, 2.05) is 25.1 Å². The van der Waals surface area contributed by atoms with Crippen LogP contribution >= 0.6 is 11.3 Å². The van der Waals surface area contributed by atoms with E-state index in [4.69, 9.17) is 9.47 Å². The van der Waals surface area contributed by atoms with Gasteiger partial charge < -0.3 is 20.1 Å². The summed E-state index contributed by atoms with van der Waals surface area (Å²) in [6.07, 6.45) is 3.22. The van der Waals surface area contributed by atoms with Crippen LogP contribution in [0.4, 0.5) is 19.3 Å². The van der Waals surface area contributed by atoms with Crippen LogP contribution < -0.4 is 20.7 Å². The van der Waals surface area contributed by atoms with Crippen molar-refractivity contribution >= 4 is 33.3 Å². The number of fused-ring (bicyclic) bond motifs is 1. The molecule has 5 rings (SSSR count). The number of anilines is 1. The van der Waals surface area contributed by atoms with Crippen LogP contribution in [0.5, 0.6) is 11.5 Å². The lowest BCUT2D eigenvalue weighted by Gasteiger charge is -2.13. The van der Waals surface area contributed by atoms with Gasteiger partial charge in [-0.1, -0.05) is 24.3 Å². The minimum absolute atomic E-state index is 0.00812. The Morgan fingerprint density at radius 3 is 2.56 bits per heavy atom. The molecule has 0 fully saturated rings. The van der Waals surface area contributed by atoms with E-state index in [9.17, 15) is 9.18 Å². The molecule has 0 aliphatic carbocycles. The number of ether oxygens (including phenoxy) is 2. The van der Waals surface area contributed by atoms with Crippen LogP contribution in [0.25, 0.3) is 20.8 Å². The summed E-state index contributed by atoms with van der Waals surface area (Å²) in [5.74, 6) is -0.653. The van der Waals surface area contributed by atoms with Crippen LogP contribution in [0.3, 0.4) is 0 Å². The Morgan fingerprint density at radius 2 is 1.76 bits per heavy atom. The lowest BCUT2D eigenvalue weighted by molar-refractivity contribution is 0.0879. The second-order valence-corrected chi connectivity index (χ2v) is 10.1. The number of urea groups is 1. The fourth-order valence-electron chi connectivity index (χ4n) is 4.02. The number of nitrogens with one attached hydrogen (secondary N) is 3. The van der Waals surface area contributed by atoms with Crippen LogP contribution in [-0.2, 0) is 17.8 Å². The third kappa shape index (κ3) is 6.83. The van der Waals surface area contributed by atoms with E-state index in [2.05, 4.69) is 25.9 Å². The molecule has 0 aliphatic heterocycles. The van der Waals surface area contributed by atoms with E-state index in [0.717, 1.165) is 26.9 Å². The second-order valence-electron chi connectivity index (χ2n) is 9.05. The first-order valence-corrected chi connectivity index (χ1v) is 13.6. The zero-order valence-corrected chi connectivity index (χ0v) is 23.1. The Balaban J connectivity index is 1.30. The van der Waals surface area contributed by atoms with Crippen molar-refractivity contribution < 1.29 is 23.0 Å². The smallest absolute Gasteiger partial charge is 0.319 e. The predicted octanol–water partition coefficient (Wildman–Crippen LogP) is 6.83. The molecule has 0 saturated carbocycles. The van der Waals surface area contributed by atoms with Crippen molar-refractivity contribution in [3.8, 4) is 22.1 Å². The maximum Gasteiger partial charge on any atom is 0.319 e. The van der Waals surface area contributed by atoms with Gasteiger partial charge in [-0.3, -0.25) is 15.3 Å². The van der Waals surface area contributed by atoms with Gasteiger partial charge in [0.05, 0.1) is 20.8 Å². The van der Waals surface area contributed by atoms with E-state index in [-0.39, 0.29) is 24.2 Å². The van der Waals surface area contributed by atoms with Crippen molar-refractivity contribution in [1.82, 2.24) is 20.6 Å². The Hall–Kier alpha value is -4.45. The van der Waals surface area contributed by atoms with Crippen molar-refractivity contribution in [1.29, 1.82) is 0 Å². The summed E-state index contributed by atoms with van der Waals surface area (Å²) in [6.45, 7) is 2.48. The topological polar surface area (TPSA) is 97.4 Å². The normalized spacial score (nSPS) is 11.8. The highest BCUT2D eigenvalue weighted by Crippen LogP contribution is 2.40. The number of carbonyl (C=O) groups is 1. The van der Waals surface area contributed by atoms with E-state index < -0.39 is 17.7 Å². The molecular formula is C30H27F2N5O3S. The Morgan fingerprint density at radius 1 is 0.927 bits per heavy atom. The van der Waals surface area contributed by atoms with Gasteiger partial charge in [0.15, 0.2) is 11.6 Å². The molecule has 0 radical (unpaired) electrons. The first-order valence-electron chi connectivity index (χ1n) is 12.8. The first-order chi connectivity index (χ1) is 19.9. The van der Waals surface area contributed by atoms with Crippen molar-refractivity contribution in [3.63, 3.8) is 0 Å². The number of rotatable bonds is 10. The highest BCUT2D eigenvalue weighted by Gasteiger charge is 2.16. The van der Waals surface area contributed by atoms with Crippen LogP contribution in [0.2, 0.25) is 0 Å². The quantitative estimate of drug-likeness (QED) is 0.158. The summed E-state index contributed by atoms with van der Waals surface area (Å²) >= 11 is 1.45. The number of methoxy groups -OCH3 is 1. The number of carbonyl (C=O) groups excluding carboxylic acids is 1. The van der Waals surface area contributed by atoms with Crippen molar-refractivity contribution in [3.05, 3.63) is 102 Å². The third-order valence-corrected chi connectivity index (χ3v) is 7.39. The molecule has 11 heteroatoms. The summed E-state index contributed by atoms with van der Waals surface area (Å²) in [4.78, 5) is 22.2. The second kappa shape index (κ2) is 12.8. The van der Waals surface area contributed by atoms with E-state index in [0.29, 0.717) is 23.4 Å². The van der Waals surface area contributed by atoms with E-state index >= 15 is 4.39 Å². The van der Waals surface area contributed by atoms with E-state index in [1.165, 1.54) is 29.5 Å². The number of amides is 2. The molecule has 41 heavy (non-hydrogen) atoms. The third-order valence-electron chi connectivity index (χ3n) is 6.24. The van der Waals surface area contributed by atoms with Gasteiger partial charge in [-0.05, 0) is 42.8 Å². The average Bonchev–Trinajstić information content (AvgIpc) is 3.42. The highest BCUT2D eigenvalue weighted by molar-refractivity contribution is 7.22. The molecule has 5 aromatic rings. The Bertz CT molecular complexity index is 1680. The number of hydrogen-bond donors (Lipinski definition) is 3. The molecule has 3 aromatic heterocycles. The molecule has 1 unspecified atom stereocenters. The lowest BCUT2D eigenvalue weighted by atomic mass is 10.1. The van der Waals surface area contributed by atoms with Gasteiger partial charge in [0.2, 0.25) is 0 Å². The minimum Gasteiger partial charge on any atom is -0.453 e. The summed E-state index contributed by atoms with van der Waals surface area (Å²) in [5.41, 5.74) is 3.07. The fraction of sp³-hybridized carbons (Fsp3) is 0.167. The molecule has 2 aromatic carbocycles. The van der Waals surface area contributed by atoms with Crippen LogP contribution in [0.1, 0.15) is 18.1 Å². The predicted molar refractivity (Wildman–Crippen MR) is 155 cm³/mol. The zero-order chi connectivity index (χ0) is 28.8.